The fourth-order valence-electron chi connectivity index (χ4n) is 2.00. The minimum Gasteiger partial charge on any atom is -0.469 e. The number of esters is 1. The van der Waals surface area contributed by atoms with Gasteiger partial charge in [0.05, 0.1) is 12.5 Å². The third-order valence-electron chi connectivity index (χ3n) is 2.94. The minimum atomic E-state index is -0.632. The Labute approximate surface area is 111 Å². The highest BCUT2D eigenvalue weighted by molar-refractivity contribution is 9.10. The number of rotatable bonds is 4. The predicted octanol–water partition coefficient (Wildman–Crippen LogP) is 2.91. The first kappa shape index (κ1) is 14.2. The van der Waals surface area contributed by atoms with Gasteiger partial charge in [-0.3, -0.25) is 4.79 Å². The summed E-state index contributed by atoms with van der Waals surface area (Å²) in [4.78, 5) is 11.8. The van der Waals surface area contributed by atoms with Crippen LogP contribution in [0, 0.1) is 5.41 Å². The summed E-state index contributed by atoms with van der Waals surface area (Å²) in [6.07, 6.45) is 0. The average Bonchev–Trinajstić information content (AvgIpc) is 2.31. The molecule has 1 rings (SSSR count). The van der Waals surface area contributed by atoms with Gasteiger partial charge in [0, 0.05) is 10.5 Å². The zero-order valence-electron chi connectivity index (χ0n) is 10.6. The van der Waals surface area contributed by atoms with Gasteiger partial charge >= 0.3 is 5.97 Å². The second-order valence-electron chi connectivity index (χ2n) is 4.46. The molecule has 4 heteroatoms. The molecule has 1 atom stereocenters. The molecule has 17 heavy (non-hydrogen) atoms. The summed E-state index contributed by atoms with van der Waals surface area (Å²) in [7, 11) is 3.26. The number of nitrogens with one attached hydrogen (secondary N) is 1. The maximum Gasteiger partial charge on any atom is 0.313 e. The molecule has 0 aromatic heterocycles. The average molecular weight is 300 g/mol. The summed E-state index contributed by atoms with van der Waals surface area (Å²) in [6, 6.07) is 7.76. The summed E-state index contributed by atoms with van der Waals surface area (Å²) in [5, 5.41) is 3.18. The van der Waals surface area contributed by atoms with Crippen LogP contribution in [0.5, 0.6) is 0 Å². The highest BCUT2D eigenvalue weighted by Crippen LogP contribution is 2.37. The van der Waals surface area contributed by atoms with E-state index in [0.29, 0.717) is 0 Å². The van der Waals surface area contributed by atoms with Crippen LogP contribution in [-0.2, 0) is 9.53 Å². The number of carbonyl (C=O) groups is 1. The van der Waals surface area contributed by atoms with Crippen molar-refractivity contribution in [3.8, 4) is 0 Å². The van der Waals surface area contributed by atoms with Crippen molar-refractivity contribution in [3.05, 3.63) is 34.3 Å². The van der Waals surface area contributed by atoms with Crippen LogP contribution in [0.2, 0.25) is 0 Å². The third-order valence-corrected chi connectivity index (χ3v) is 3.66. The molecule has 0 aliphatic carbocycles. The van der Waals surface area contributed by atoms with Crippen LogP contribution in [0.3, 0.4) is 0 Å². The van der Waals surface area contributed by atoms with Gasteiger partial charge < -0.3 is 10.1 Å². The van der Waals surface area contributed by atoms with Crippen molar-refractivity contribution in [3.63, 3.8) is 0 Å². The molecule has 0 saturated heterocycles. The molecule has 0 spiro atoms. The Morgan fingerprint density at radius 2 is 2.00 bits per heavy atom. The number of ether oxygens (including phenoxy) is 1. The first-order valence-electron chi connectivity index (χ1n) is 5.45. The van der Waals surface area contributed by atoms with Crippen molar-refractivity contribution in [1.29, 1.82) is 0 Å². The molecular weight excluding hydrogens is 282 g/mol. The summed E-state index contributed by atoms with van der Waals surface area (Å²) in [5.74, 6) is -0.229. The zero-order valence-corrected chi connectivity index (χ0v) is 12.2. The van der Waals surface area contributed by atoms with Crippen LogP contribution in [-0.4, -0.2) is 20.1 Å². The van der Waals surface area contributed by atoms with Crippen LogP contribution in [0.25, 0.3) is 0 Å². The molecule has 3 nitrogen and oxygen atoms in total. The minimum absolute atomic E-state index is 0.106. The van der Waals surface area contributed by atoms with Crippen molar-refractivity contribution in [2.75, 3.05) is 14.2 Å². The van der Waals surface area contributed by atoms with Gasteiger partial charge in [0.15, 0.2) is 0 Å². The summed E-state index contributed by atoms with van der Waals surface area (Å²) in [5.41, 5.74) is 0.415. The van der Waals surface area contributed by atoms with E-state index in [1.165, 1.54) is 7.11 Å². The van der Waals surface area contributed by atoms with E-state index in [1.807, 2.05) is 45.2 Å². The first-order valence-corrected chi connectivity index (χ1v) is 6.24. The Hall–Kier alpha value is -0.870. The Kier molecular flexibility index (Phi) is 4.71. The predicted molar refractivity (Wildman–Crippen MR) is 71.7 cm³/mol. The van der Waals surface area contributed by atoms with E-state index in [1.54, 1.807) is 0 Å². The molecule has 0 bridgehead atoms. The van der Waals surface area contributed by atoms with Crippen LogP contribution in [0.15, 0.2) is 28.7 Å². The van der Waals surface area contributed by atoms with Gasteiger partial charge in [-0.25, -0.2) is 0 Å². The molecule has 0 saturated carbocycles. The summed E-state index contributed by atoms with van der Waals surface area (Å²) >= 11 is 3.51. The number of halogens is 1. The lowest BCUT2D eigenvalue weighted by Crippen LogP contribution is -2.39. The van der Waals surface area contributed by atoms with Crippen molar-refractivity contribution in [1.82, 2.24) is 5.32 Å². The highest BCUT2D eigenvalue weighted by atomic mass is 79.9. The number of hydrogen-bond acceptors (Lipinski definition) is 3. The van der Waals surface area contributed by atoms with Gasteiger partial charge in [-0.05, 0) is 32.5 Å². The summed E-state index contributed by atoms with van der Waals surface area (Å²) in [6.45, 7) is 3.75. The smallest absolute Gasteiger partial charge is 0.313 e. The van der Waals surface area contributed by atoms with Gasteiger partial charge in [-0.15, -0.1) is 0 Å². The largest absolute Gasteiger partial charge is 0.469 e. The molecule has 0 heterocycles. The Morgan fingerprint density at radius 1 is 1.41 bits per heavy atom. The van der Waals surface area contributed by atoms with E-state index >= 15 is 0 Å². The van der Waals surface area contributed by atoms with Crippen molar-refractivity contribution < 1.29 is 9.53 Å². The van der Waals surface area contributed by atoms with E-state index in [2.05, 4.69) is 21.2 Å². The first-order chi connectivity index (χ1) is 7.95. The molecule has 1 aromatic carbocycles. The second-order valence-corrected chi connectivity index (χ2v) is 5.31. The summed E-state index contributed by atoms with van der Waals surface area (Å²) < 4.78 is 5.85. The van der Waals surface area contributed by atoms with Crippen molar-refractivity contribution >= 4 is 21.9 Å². The van der Waals surface area contributed by atoms with Crippen molar-refractivity contribution in [2.45, 2.75) is 19.9 Å². The lowest BCUT2D eigenvalue weighted by molar-refractivity contribution is -0.152. The third kappa shape index (κ3) is 2.87. The molecule has 0 aliphatic rings. The molecule has 0 fully saturated rings. The molecule has 0 aliphatic heterocycles. The monoisotopic (exact) mass is 299 g/mol. The molecule has 0 radical (unpaired) electrons. The molecule has 94 valence electrons. The van der Waals surface area contributed by atoms with Gasteiger partial charge in [-0.1, -0.05) is 34.1 Å². The Bertz CT molecular complexity index is 404. The van der Waals surface area contributed by atoms with E-state index in [9.17, 15) is 4.79 Å². The van der Waals surface area contributed by atoms with Gasteiger partial charge in [0.25, 0.3) is 0 Å². The number of carbonyl (C=O) groups excluding carboxylic acids is 1. The number of hydrogen-bond donors (Lipinski definition) is 1. The quantitative estimate of drug-likeness (QED) is 0.869. The Morgan fingerprint density at radius 3 is 2.47 bits per heavy atom. The van der Waals surface area contributed by atoms with Crippen LogP contribution < -0.4 is 5.32 Å². The fourth-order valence-corrected chi connectivity index (χ4v) is 2.51. The normalized spacial score (nSPS) is 13.2. The van der Waals surface area contributed by atoms with Crippen LogP contribution >= 0.6 is 15.9 Å². The standard InChI is InChI=1S/C13H18BrNO2/c1-13(2,12(16)17-4)11(15-3)9-7-5-6-8-10(9)14/h5-8,11,15H,1-4H3. The lowest BCUT2D eigenvalue weighted by atomic mass is 9.80. The SMILES string of the molecule is CNC(c1ccccc1Br)C(C)(C)C(=O)OC. The zero-order chi connectivity index (χ0) is 13.1. The number of benzene rings is 1. The van der Waals surface area contributed by atoms with Gasteiger partial charge in [0.2, 0.25) is 0 Å². The number of methoxy groups -OCH3 is 1. The highest BCUT2D eigenvalue weighted by Gasteiger charge is 2.38. The van der Waals surface area contributed by atoms with E-state index in [4.69, 9.17) is 4.74 Å². The molecule has 1 N–H and O–H groups in total. The van der Waals surface area contributed by atoms with E-state index in [0.717, 1.165) is 10.0 Å². The maximum absolute atomic E-state index is 11.8. The molecular formula is C13H18BrNO2. The second kappa shape index (κ2) is 5.65. The van der Waals surface area contributed by atoms with Gasteiger partial charge in [0.1, 0.15) is 0 Å². The molecule has 1 unspecified atom stereocenters. The molecule has 0 amide bonds. The maximum atomic E-state index is 11.8. The Balaban J connectivity index is 3.16. The van der Waals surface area contributed by atoms with Crippen molar-refractivity contribution in [2.24, 2.45) is 5.41 Å². The van der Waals surface area contributed by atoms with Gasteiger partial charge in [-0.2, -0.15) is 0 Å². The van der Waals surface area contributed by atoms with E-state index in [-0.39, 0.29) is 12.0 Å². The van der Waals surface area contributed by atoms with Crippen LogP contribution in [0.4, 0.5) is 0 Å². The molecule has 1 aromatic rings. The van der Waals surface area contributed by atoms with E-state index < -0.39 is 5.41 Å². The topological polar surface area (TPSA) is 38.3 Å². The van der Waals surface area contributed by atoms with Crippen LogP contribution in [0.1, 0.15) is 25.5 Å². The lowest BCUT2D eigenvalue weighted by Gasteiger charge is -2.32. The fraction of sp³-hybridized carbons (Fsp3) is 0.462.